The average molecular weight is 1140 g/mol. The molecule has 0 N–H and O–H groups in total. The summed E-state index contributed by atoms with van der Waals surface area (Å²) in [6.07, 6.45) is 95.6. The summed E-state index contributed by atoms with van der Waals surface area (Å²) in [6.45, 7) is 6.45. The molecule has 6 nitrogen and oxygen atoms in total. The maximum atomic E-state index is 12.9. The van der Waals surface area contributed by atoms with Crippen LogP contribution in [0, 0.1) is 0 Å². The highest BCUT2D eigenvalue weighted by atomic mass is 16.6. The van der Waals surface area contributed by atoms with Crippen LogP contribution >= 0.6 is 0 Å². The molecule has 1 unspecified atom stereocenters. The Hall–Kier alpha value is -3.93. The van der Waals surface area contributed by atoms with Crippen molar-refractivity contribution in [1.82, 2.24) is 0 Å². The molecule has 0 aromatic rings. The van der Waals surface area contributed by atoms with Gasteiger partial charge in [-0.3, -0.25) is 14.4 Å². The third-order valence-corrected chi connectivity index (χ3v) is 15.0. The molecule has 0 saturated carbocycles. The number of rotatable bonds is 63. The molecule has 0 radical (unpaired) electrons. The highest BCUT2D eigenvalue weighted by Gasteiger charge is 2.19. The quantitative estimate of drug-likeness (QED) is 0.0261. The third-order valence-electron chi connectivity index (χ3n) is 15.0. The van der Waals surface area contributed by atoms with E-state index in [0.717, 1.165) is 135 Å². The Bertz CT molecular complexity index is 1640. The highest BCUT2D eigenvalue weighted by molar-refractivity contribution is 5.71. The van der Waals surface area contributed by atoms with Gasteiger partial charge >= 0.3 is 17.9 Å². The van der Waals surface area contributed by atoms with Gasteiger partial charge in [0.15, 0.2) is 6.10 Å². The molecule has 1 atom stereocenters. The van der Waals surface area contributed by atoms with Gasteiger partial charge in [0.05, 0.1) is 0 Å². The Balaban J connectivity index is 4.20. The summed E-state index contributed by atoms with van der Waals surface area (Å²) in [5.74, 6) is -0.916. The molecule has 0 rings (SSSR count). The van der Waals surface area contributed by atoms with E-state index in [9.17, 15) is 14.4 Å². The predicted octanol–water partition coefficient (Wildman–Crippen LogP) is 24.2. The summed E-state index contributed by atoms with van der Waals surface area (Å²) in [6, 6.07) is 0. The number of esters is 3. The Labute approximate surface area is 508 Å². The lowest BCUT2D eigenvalue weighted by Gasteiger charge is -2.18. The van der Waals surface area contributed by atoms with Crippen LogP contribution in [0.3, 0.4) is 0 Å². The molecular weight excluding hydrogens is 1010 g/mol. The van der Waals surface area contributed by atoms with Crippen molar-refractivity contribution in [2.24, 2.45) is 0 Å². The number of ether oxygens (including phenoxy) is 3. The summed E-state index contributed by atoms with van der Waals surface area (Å²) in [5, 5.41) is 0. The van der Waals surface area contributed by atoms with Gasteiger partial charge in [0, 0.05) is 19.3 Å². The normalized spacial score (nSPS) is 12.8. The zero-order chi connectivity index (χ0) is 59.2. The fourth-order valence-corrected chi connectivity index (χ4v) is 9.78. The minimum atomic E-state index is -0.796. The molecular formula is C76H130O6. The van der Waals surface area contributed by atoms with Gasteiger partial charge in [-0.25, -0.2) is 0 Å². The molecule has 82 heavy (non-hydrogen) atoms. The molecule has 6 heteroatoms. The van der Waals surface area contributed by atoms with E-state index in [-0.39, 0.29) is 31.1 Å². The van der Waals surface area contributed by atoms with E-state index in [2.05, 4.69) is 130 Å². The van der Waals surface area contributed by atoms with Crippen LogP contribution in [0.4, 0.5) is 0 Å². The second kappa shape index (κ2) is 69.6. The van der Waals surface area contributed by atoms with Gasteiger partial charge in [-0.2, -0.15) is 0 Å². The third kappa shape index (κ3) is 66.9. The maximum absolute atomic E-state index is 12.9. The van der Waals surface area contributed by atoms with E-state index in [1.807, 2.05) is 0 Å². The molecule has 0 heterocycles. The van der Waals surface area contributed by atoms with E-state index >= 15 is 0 Å². The molecule has 0 amide bonds. The standard InChI is InChI=1S/C76H130O6/c1-4-7-10-13-16-19-22-24-26-28-30-32-34-35-36-37-38-39-40-41-43-44-46-48-50-52-54-57-60-63-66-69-75(78)81-72-73(71-80-74(77)68-65-62-59-56-21-18-15-12-9-6-3)82-76(79)70-67-64-61-58-55-53-51-49-47-45-42-33-31-29-27-25-23-20-17-14-11-8-5-2/h8,11-12,15,17,20,22,24-25,27-28,30-31,33,45,47,51,53,73H,4-7,9-10,13-14,16,18-19,21,23,26,29,32,34-44,46,48-50,52,54-72H2,1-3H3/b11-8-,15-12-,20-17-,24-22-,27-25-,30-28-,33-31-,47-45-,53-51-. The Morgan fingerprint density at radius 2 is 0.500 bits per heavy atom. The minimum absolute atomic E-state index is 0.0900. The number of carbonyl (C=O) groups is 3. The number of allylic oxidation sites excluding steroid dienone is 18. The van der Waals surface area contributed by atoms with Gasteiger partial charge in [-0.15, -0.1) is 0 Å². The lowest BCUT2D eigenvalue weighted by atomic mass is 10.0. The van der Waals surface area contributed by atoms with Gasteiger partial charge in [-0.05, 0) is 122 Å². The fraction of sp³-hybridized carbons (Fsp3) is 0.724. The van der Waals surface area contributed by atoms with Crippen molar-refractivity contribution >= 4 is 17.9 Å². The molecule has 0 aliphatic rings. The van der Waals surface area contributed by atoms with Gasteiger partial charge in [0.25, 0.3) is 0 Å². The fourth-order valence-electron chi connectivity index (χ4n) is 9.78. The zero-order valence-corrected chi connectivity index (χ0v) is 54.0. The molecule has 0 aliphatic carbocycles. The molecule has 0 fully saturated rings. The molecule has 470 valence electrons. The first-order chi connectivity index (χ1) is 40.5. The van der Waals surface area contributed by atoms with Crippen LogP contribution in [0.15, 0.2) is 109 Å². The molecule has 0 aromatic heterocycles. The van der Waals surface area contributed by atoms with Crippen LogP contribution in [0.1, 0.15) is 335 Å². The van der Waals surface area contributed by atoms with Gasteiger partial charge < -0.3 is 14.2 Å². The van der Waals surface area contributed by atoms with Crippen LogP contribution in [0.5, 0.6) is 0 Å². The Kier molecular flexibility index (Phi) is 66.2. The summed E-state index contributed by atoms with van der Waals surface area (Å²) in [4.78, 5) is 38.3. The largest absolute Gasteiger partial charge is 0.462 e. The SMILES string of the molecule is CC/C=C\C/C=C\C/C=C\C/C=C\C/C=C\C/C=C\CCCCCCC(=O)OC(COC(=O)CCCCCCC/C=C\CCC)COC(=O)CCCCCCCCCCCCCCCCCCCCC/C=C\C/C=C\CCCCCCC. The number of carbonyl (C=O) groups excluding carboxylic acids is 3. The van der Waals surface area contributed by atoms with Crippen molar-refractivity contribution in [2.45, 2.75) is 341 Å². The summed E-state index contributed by atoms with van der Waals surface area (Å²) in [5.41, 5.74) is 0. The first kappa shape index (κ1) is 78.1. The number of hydrogen-bond donors (Lipinski definition) is 0. The topological polar surface area (TPSA) is 78.9 Å². The Morgan fingerprint density at radius 1 is 0.256 bits per heavy atom. The van der Waals surface area contributed by atoms with E-state index < -0.39 is 6.10 Å². The highest BCUT2D eigenvalue weighted by Crippen LogP contribution is 2.17. The average Bonchev–Trinajstić information content (AvgIpc) is 3.47. The van der Waals surface area contributed by atoms with Crippen LogP contribution in [-0.4, -0.2) is 37.2 Å². The second-order valence-corrected chi connectivity index (χ2v) is 23.1. The van der Waals surface area contributed by atoms with Gasteiger partial charge in [0.1, 0.15) is 13.2 Å². The van der Waals surface area contributed by atoms with Crippen molar-refractivity contribution < 1.29 is 28.6 Å². The zero-order valence-electron chi connectivity index (χ0n) is 54.0. The second-order valence-electron chi connectivity index (χ2n) is 23.1. The molecule has 0 bridgehead atoms. The van der Waals surface area contributed by atoms with Crippen LogP contribution < -0.4 is 0 Å². The van der Waals surface area contributed by atoms with Crippen molar-refractivity contribution in [3.63, 3.8) is 0 Å². The molecule has 0 saturated heterocycles. The maximum Gasteiger partial charge on any atom is 0.306 e. The van der Waals surface area contributed by atoms with E-state index in [0.29, 0.717) is 19.3 Å². The van der Waals surface area contributed by atoms with Crippen LogP contribution in [0.25, 0.3) is 0 Å². The number of unbranched alkanes of at least 4 members (excludes halogenated alkanes) is 34. The monoisotopic (exact) mass is 1140 g/mol. The lowest BCUT2D eigenvalue weighted by molar-refractivity contribution is -0.167. The smallest absolute Gasteiger partial charge is 0.306 e. The van der Waals surface area contributed by atoms with Crippen LogP contribution in [-0.2, 0) is 28.6 Å². The van der Waals surface area contributed by atoms with Crippen molar-refractivity contribution in [3.8, 4) is 0 Å². The van der Waals surface area contributed by atoms with E-state index in [1.165, 1.54) is 161 Å². The molecule has 0 aromatic carbocycles. The molecule has 0 aliphatic heterocycles. The Morgan fingerprint density at radius 3 is 0.805 bits per heavy atom. The van der Waals surface area contributed by atoms with Gasteiger partial charge in [-0.1, -0.05) is 304 Å². The summed E-state index contributed by atoms with van der Waals surface area (Å²) in [7, 11) is 0. The summed E-state index contributed by atoms with van der Waals surface area (Å²) >= 11 is 0. The van der Waals surface area contributed by atoms with Crippen LogP contribution in [0.2, 0.25) is 0 Å². The number of hydrogen-bond acceptors (Lipinski definition) is 6. The predicted molar refractivity (Wildman–Crippen MR) is 357 cm³/mol. The minimum Gasteiger partial charge on any atom is -0.462 e. The summed E-state index contributed by atoms with van der Waals surface area (Å²) < 4.78 is 16.9. The van der Waals surface area contributed by atoms with Gasteiger partial charge in [0.2, 0.25) is 0 Å². The lowest BCUT2D eigenvalue weighted by Crippen LogP contribution is -2.30. The first-order valence-electron chi connectivity index (χ1n) is 34.9. The van der Waals surface area contributed by atoms with E-state index in [4.69, 9.17) is 14.2 Å². The van der Waals surface area contributed by atoms with Crippen molar-refractivity contribution in [2.75, 3.05) is 13.2 Å². The molecule has 0 spiro atoms. The van der Waals surface area contributed by atoms with Crippen molar-refractivity contribution in [3.05, 3.63) is 109 Å². The van der Waals surface area contributed by atoms with Crippen molar-refractivity contribution in [1.29, 1.82) is 0 Å². The first-order valence-corrected chi connectivity index (χ1v) is 34.9. The van der Waals surface area contributed by atoms with E-state index in [1.54, 1.807) is 0 Å².